The first-order valence-corrected chi connectivity index (χ1v) is 6.72. The number of aromatic nitrogens is 1. The van der Waals surface area contributed by atoms with Gasteiger partial charge in [-0.25, -0.2) is 4.98 Å². The molecule has 2 rings (SSSR count). The third kappa shape index (κ3) is 2.99. The second-order valence-electron chi connectivity index (χ2n) is 4.59. The van der Waals surface area contributed by atoms with Crippen LogP contribution in [0, 0.1) is 11.3 Å². The van der Waals surface area contributed by atoms with E-state index in [-0.39, 0.29) is 0 Å². The monoisotopic (exact) mass is 244 g/mol. The predicted octanol–water partition coefficient (Wildman–Crippen LogP) is 1.85. The molecule has 0 spiro atoms. The molecule has 4 nitrogen and oxygen atoms in total. The Hall–Kier alpha value is -1.60. The van der Waals surface area contributed by atoms with Crippen LogP contribution in [-0.4, -0.2) is 24.6 Å². The molecule has 0 aliphatic heterocycles. The van der Waals surface area contributed by atoms with Crippen molar-refractivity contribution in [1.29, 1.82) is 5.26 Å². The first kappa shape index (κ1) is 12.8. The minimum Gasteiger partial charge on any atom is -0.368 e. The molecule has 4 heteroatoms. The summed E-state index contributed by atoms with van der Waals surface area (Å²) in [7, 11) is 0. The lowest BCUT2D eigenvalue weighted by molar-refractivity contribution is 0.667. The highest BCUT2D eigenvalue weighted by Crippen LogP contribution is 2.24. The molecule has 0 aromatic carbocycles. The molecule has 0 saturated heterocycles. The highest BCUT2D eigenvalue weighted by molar-refractivity contribution is 5.54. The third-order valence-corrected chi connectivity index (χ3v) is 3.27. The minimum absolute atomic E-state index is 0.673. The predicted molar refractivity (Wildman–Crippen MR) is 72.6 cm³/mol. The standard InChI is InChI=1S/C14H20N4/c1-2-16-7-8-17-14-12(10-15)9-11-5-3-4-6-13(11)18-14/h9,16H,2-8H2,1H3,(H,17,18). The summed E-state index contributed by atoms with van der Waals surface area (Å²) in [4.78, 5) is 4.62. The molecule has 1 aromatic heterocycles. The van der Waals surface area contributed by atoms with Crippen molar-refractivity contribution in [3.8, 4) is 6.07 Å². The van der Waals surface area contributed by atoms with Crippen LogP contribution in [0.5, 0.6) is 0 Å². The molecule has 0 amide bonds. The first-order valence-electron chi connectivity index (χ1n) is 6.72. The molecule has 0 bridgehead atoms. The largest absolute Gasteiger partial charge is 0.368 e. The molecule has 18 heavy (non-hydrogen) atoms. The van der Waals surface area contributed by atoms with Crippen LogP contribution >= 0.6 is 0 Å². The minimum atomic E-state index is 0.673. The van der Waals surface area contributed by atoms with Crippen molar-refractivity contribution < 1.29 is 0 Å². The van der Waals surface area contributed by atoms with Gasteiger partial charge < -0.3 is 10.6 Å². The Bertz CT molecular complexity index is 448. The third-order valence-electron chi connectivity index (χ3n) is 3.27. The van der Waals surface area contributed by atoms with Gasteiger partial charge in [0, 0.05) is 18.8 Å². The van der Waals surface area contributed by atoms with Gasteiger partial charge in [0.25, 0.3) is 0 Å². The molecule has 2 N–H and O–H groups in total. The van der Waals surface area contributed by atoms with E-state index in [4.69, 9.17) is 0 Å². The maximum absolute atomic E-state index is 9.18. The Balaban J connectivity index is 2.11. The Kier molecular flexibility index (Phi) is 4.54. The van der Waals surface area contributed by atoms with Crippen molar-refractivity contribution in [2.24, 2.45) is 0 Å². The van der Waals surface area contributed by atoms with E-state index in [1.807, 2.05) is 6.07 Å². The van der Waals surface area contributed by atoms with E-state index in [2.05, 4.69) is 28.6 Å². The van der Waals surface area contributed by atoms with E-state index in [0.717, 1.165) is 38.3 Å². The zero-order valence-corrected chi connectivity index (χ0v) is 10.9. The summed E-state index contributed by atoms with van der Waals surface area (Å²) < 4.78 is 0. The number of likely N-dealkylation sites (N-methyl/N-ethyl adjacent to an activating group) is 1. The summed E-state index contributed by atoms with van der Waals surface area (Å²) >= 11 is 0. The van der Waals surface area contributed by atoms with Gasteiger partial charge in [-0.3, -0.25) is 0 Å². The van der Waals surface area contributed by atoms with Gasteiger partial charge in [-0.2, -0.15) is 5.26 Å². The molecule has 0 fully saturated rings. The van der Waals surface area contributed by atoms with Crippen LogP contribution in [0.4, 0.5) is 5.82 Å². The van der Waals surface area contributed by atoms with Crippen LogP contribution in [-0.2, 0) is 12.8 Å². The molecule has 0 radical (unpaired) electrons. The smallest absolute Gasteiger partial charge is 0.144 e. The summed E-state index contributed by atoms with van der Waals surface area (Å²) in [5.41, 5.74) is 3.10. The zero-order chi connectivity index (χ0) is 12.8. The second-order valence-corrected chi connectivity index (χ2v) is 4.59. The fraction of sp³-hybridized carbons (Fsp3) is 0.571. The van der Waals surface area contributed by atoms with Crippen LogP contribution in [0.1, 0.15) is 36.6 Å². The van der Waals surface area contributed by atoms with E-state index in [1.165, 1.54) is 24.1 Å². The SMILES string of the molecule is CCNCCNc1nc2c(cc1C#N)CCCC2. The second kappa shape index (κ2) is 6.36. The number of nitrogens with one attached hydrogen (secondary N) is 2. The number of aryl methyl sites for hydroxylation is 2. The van der Waals surface area contributed by atoms with E-state index < -0.39 is 0 Å². The number of hydrogen-bond donors (Lipinski definition) is 2. The molecule has 0 atom stereocenters. The first-order chi connectivity index (χ1) is 8.85. The van der Waals surface area contributed by atoms with Crippen molar-refractivity contribution in [2.75, 3.05) is 25.0 Å². The molecule has 1 aliphatic carbocycles. The summed E-state index contributed by atoms with van der Waals surface area (Å²) in [6.07, 6.45) is 4.53. The molecule has 96 valence electrons. The Labute approximate surface area is 108 Å². The lowest BCUT2D eigenvalue weighted by atomic mass is 9.95. The van der Waals surface area contributed by atoms with Crippen molar-refractivity contribution >= 4 is 5.82 Å². The summed E-state index contributed by atoms with van der Waals surface area (Å²) in [6.45, 7) is 4.73. The number of hydrogen-bond acceptors (Lipinski definition) is 4. The van der Waals surface area contributed by atoms with Crippen molar-refractivity contribution in [1.82, 2.24) is 10.3 Å². The number of nitriles is 1. The number of pyridine rings is 1. The van der Waals surface area contributed by atoms with Crippen molar-refractivity contribution in [3.63, 3.8) is 0 Å². The fourth-order valence-electron chi connectivity index (χ4n) is 2.30. The quantitative estimate of drug-likeness (QED) is 0.776. The van der Waals surface area contributed by atoms with E-state index in [1.54, 1.807) is 0 Å². The van der Waals surface area contributed by atoms with Crippen molar-refractivity contribution in [2.45, 2.75) is 32.6 Å². The number of nitrogens with zero attached hydrogens (tertiary/aromatic N) is 2. The highest BCUT2D eigenvalue weighted by atomic mass is 15.0. The molecule has 1 heterocycles. The maximum atomic E-state index is 9.18. The Morgan fingerprint density at radius 3 is 2.94 bits per heavy atom. The van der Waals surface area contributed by atoms with E-state index in [0.29, 0.717) is 5.56 Å². The molecule has 1 aliphatic rings. The molecule has 0 saturated carbocycles. The van der Waals surface area contributed by atoms with E-state index >= 15 is 0 Å². The average molecular weight is 244 g/mol. The van der Waals surface area contributed by atoms with Crippen LogP contribution in [0.2, 0.25) is 0 Å². The fourth-order valence-corrected chi connectivity index (χ4v) is 2.30. The van der Waals surface area contributed by atoms with Crippen LogP contribution < -0.4 is 10.6 Å². The Morgan fingerprint density at radius 1 is 1.33 bits per heavy atom. The number of fused-ring (bicyclic) bond motifs is 1. The summed E-state index contributed by atoms with van der Waals surface area (Å²) in [5.74, 6) is 0.746. The molecule has 0 unspecified atom stereocenters. The van der Waals surface area contributed by atoms with Crippen molar-refractivity contribution in [3.05, 3.63) is 22.9 Å². The maximum Gasteiger partial charge on any atom is 0.144 e. The van der Waals surface area contributed by atoms with Gasteiger partial charge in [-0.05, 0) is 43.9 Å². The molecule has 1 aromatic rings. The van der Waals surface area contributed by atoms with E-state index in [9.17, 15) is 5.26 Å². The Morgan fingerprint density at radius 2 is 2.17 bits per heavy atom. The van der Waals surface area contributed by atoms with Gasteiger partial charge in [-0.15, -0.1) is 0 Å². The van der Waals surface area contributed by atoms with Crippen LogP contribution in [0.25, 0.3) is 0 Å². The van der Waals surface area contributed by atoms with Gasteiger partial charge in [0.15, 0.2) is 0 Å². The molecular weight excluding hydrogens is 224 g/mol. The normalized spacial score (nSPS) is 13.8. The summed E-state index contributed by atoms with van der Waals surface area (Å²) in [5, 5.41) is 15.7. The van der Waals surface area contributed by atoms with Gasteiger partial charge in [0.1, 0.15) is 11.9 Å². The highest BCUT2D eigenvalue weighted by Gasteiger charge is 2.14. The summed E-state index contributed by atoms with van der Waals surface area (Å²) in [6, 6.07) is 4.25. The van der Waals surface area contributed by atoms with Gasteiger partial charge >= 0.3 is 0 Å². The molecular formula is C14H20N4. The number of anilines is 1. The topological polar surface area (TPSA) is 60.7 Å². The van der Waals surface area contributed by atoms with Gasteiger partial charge in [-0.1, -0.05) is 6.92 Å². The lowest BCUT2D eigenvalue weighted by Gasteiger charge is -2.17. The average Bonchev–Trinajstić information content (AvgIpc) is 2.42. The zero-order valence-electron chi connectivity index (χ0n) is 10.9. The number of rotatable bonds is 5. The lowest BCUT2D eigenvalue weighted by Crippen LogP contribution is -2.22. The van der Waals surface area contributed by atoms with Gasteiger partial charge in [0.2, 0.25) is 0 Å². The van der Waals surface area contributed by atoms with Crippen LogP contribution in [0.15, 0.2) is 6.07 Å². The van der Waals surface area contributed by atoms with Crippen LogP contribution in [0.3, 0.4) is 0 Å². The van der Waals surface area contributed by atoms with Gasteiger partial charge in [0.05, 0.1) is 5.56 Å².